The number of benzene rings is 2. The Bertz CT molecular complexity index is 565. The van der Waals surface area contributed by atoms with E-state index in [0.717, 1.165) is 5.56 Å². The third kappa shape index (κ3) is 3.58. The highest BCUT2D eigenvalue weighted by atomic mass is 35.5. The van der Waals surface area contributed by atoms with Gasteiger partial charge in [0.15, 0.2) is 0 Å². The Balaban J connectivity index is 2.19. The molecule has 0 amide bonds. The summed E-state index contributed by atoms with van der Waals surface area (Å²) in [5.74, 6) is -2.03. The molecule has 2 aromatic carbocycles. The highest BCUT2D eigenvalue weighted by molar-refractivity contribution is 6.31. The fourth-order valence-electron chi connectivity index (χ4n) is 2.11. The van der Waals surface area contributed by atoms with E-state index in [4.69, 9.17) is 11.6 Å². The van der Waals surface area contributed by atoms with E-state index in [1.54, 1.807) is 36.4 Å². The van der Waals surface area contributed by atoms with Gasteiger partial charge in [0.25, 0.3) is 0 Å². The SMILES string of the molecule is O=C(O)C(Cc1ccccc1F)Cc1ccccc1Cl. The van der Waals surface area contributed by atoms with E-state index in [2.05, 4.69) is 0 Å². The number of carbonyl (C=O) groups is 1. The third-order valence-electron chi connectivity index (χ3n) is 3.20. The number of halogens is 2. The molecule has 1 unspecified atom stereocenters. The predicted octanol–water partition coefficient (Wildman–Crippen LogP) is 3.97. The molecule has 0 saturated heterocycles. The van der Waals surface area contributed by atoms with Crippen molar-refractivity contribution >= 4 is 17.6 Å². The van der Waals surface area contributed by atoms with Gasteiger partial charge in [-0.1, -0.05) is 48.0 Å². The molecule has 4 heteroatoms. The van der Waals surface area contributed by atoms with E-state index in [1.165, 1.54) is 6.07 Å². The summed E-state index contributed by atoms with van der Waals surface area (Å²) in [4.78, 5) is 11.4. The van der Waals surface area contributed by atoms with E-state index in [-0.39, 0.29) is 18.7 Å². The van der Waals surface area contributed by atoms with Crippen LogP contribution in [0.2, 0.25) is 5.02 Å². The van der Waals surface area contributed by atoms with Gasteiger partial charge in [-0.25, -0.2) is 4.39 Å². The first kappa shape index (κ1) is 14.5. The monoisotopic (exact) mass is 292 g/mol. The second-order valence-electron chi connectivity index (χ2n) is 4.63. The van der Waals surface area contributed by atoms with Crippen LogP contribution >= 0.6 is 11.6 Å². The van der Waals surface area contributed by atoms with E-state index in [1.807, 2.05) is 6.07 Å². The van der Waals surface area contributed by atoms with Gasteiger partial charge in [0.05, 0.1) is 5.92 Å². The summed E-state index contributed by atoms with van der Waals surface area (Å²) in [5, 5.41) is 9.85. The van der Waals surface area contributed by atoms with Crippen LogP contribution in [-0.2, 0) is 17.6 Å². The first-order valence-corrected chi connectivity index (χ1v) is 6.65. The summed E-state index contributed by atoms with van der Waals surface area (Å²) >= 11 is 6.04. The van der Waals surface area contributed by atoms with Gasteiger partial charge in [0.2, 0.25) is 0 Å². The molecule has 0 aliphatic carbocycles. The van der Waals surface area contributed by atoms with E-state index in [0.29, 0.717) is 10.6 Å². The lowest BCUT2D eigenvalue weighted by Gasteiger charge is -2.14. The molecule has 0 aliphatic rings. The first-order valence-electron chi connectivity index (χ1n) is 6.27. The minimum Gasteiger partial charge on any atom is -0.481 e. The van der Waals surface area contributed by atoms with Gasteiger partial charge in [0, 0.05) is 5.02 Å². The maximum Gasteiger partial charge on any atom is 0.307 e. The molecule has 0 aromatic heterocycles. The summed E-state index contributed by atoms with van der Waals surface area (Å²) in [5.41, 5.74) is 1.17. The standard InChI is InChI=1S/C16H14ClFO2/c17-14-7-3-1-5-11(14)9-13(16(19)20)10-12-6-2-4-8-15(12)18/h1-8,13H,9-10H2,(H,19,20). The number of hydrogen-bond acceptors (Lipinski definition) is 1. The van der Waals surface area contributed by atoms with Gasteiger partial charge in [-0.3, -0.25) is 4.79 Å². The largest absolute Gasteiger partial charge is 0.481 e. The number of carboxylic acids is 1. The van der Waals surface area contributed by atoms with E-state index >= 15 is 0 Å². The fourth-order valence-corrected chi connectivity index (χ4v) is 2.32. The van der Waals surface area contributed by atoms with Crippen LogP contribution in [0.1, 0.15) is 11.1 Å². The highest BCUT2D eigenvalue weighted by Crippen LogP contribution is 2.22. The van der Waals surface area contributed by atoms with Crippen molar-refractivity contribution in [3.63, 3.8) is 0 Å². The lowest BCUT2D eigenvalue weighted by molar-refractivity contribution is -0.141. The Kier molecular flexibility index (Phi) is 4.74. The average Bonchev–Trinajstić information content (AvgIpc) is 2.42. The van der Waals surface area contributed by atoms with Crippen molar-refractivity contribution in [2.75, 3.05) is 0 Å². The molecular weight excluding hydrogens is 279 g/mol. The Morgan fingerprint density at radius 2 is 1.60 bits per heavy atom. The predicted molar refractivity (Wildman–Crippen MR) is 76.4 cm³/mol. The van der Waals surface area contributed by atoms with Gasteiger partial charge in [-0.2, -0.15) is 0 Å². The fraction of sp³-hybridized carbons (Fsp3) is 0.188. The molecule has 20 heavy (non-hydrogen) atoms. The summed E-state index contributed by atoms with van der Waals surface area (Å²) in [6.07, 6.45) is 0.427. The minimum absolute atomic E-state index is 0.146. The summed E-state index contributed by atoms with van der Waals surface area (Å²) < 4.78 is 13.6. The van der Waals surface area contributed by atoms with Crippen LogP contribution in [0.5, 0.6) is 0 Å². The minimum atomic E-state index is -0.951. The zero-order valence-electron chi connectivity index (χ0n) is 10.7. The summed E-state index contributed by atoms with van der Waals surface area (Å²) in [7, 11) is 0. The van der Waals surface area contributed by atoms with Crippen molar-refractivity contribution in [1.29, 1.82) is 0 Å². The van der Waals surface area contributed by atoms with Gasteiger partial charge >= 0.3 is 5.97 Å². The second-order valence-corrected chi connectivity index (χ2v) is 5.03. The maximum atomic E-state index is 13.6. The Hall–Kier alpha value is -1.87. The molecule has 0 heterocycles. The number of carboxylic acid groups (broad SMARTS) is 1. The summed E-state index contributed by atoms with van der Waals surface area (Å²) in [6, 6.07) is 13.3. The topological polar surface area (TPSA) is 37.3 Å². The van der Waals surface area contributed by atoms with Crippen LogP contribution in [0.3, 0.4) is 0 Å². The molecule has 1 N–H and O–H groups in total. The Morgan fingerprint density at radius 1 is 1.05 bits per heavy atom. The molecule has 0 radical (unpaired) electrons. The number of aliphatic carboxylic acids is 1. The third-order valence-corrected chi connectivity index (χ3v) is 3.57. The van der Waals surface area contributed by atoms with Gasteiger partial charge in [-0.15, -0.1) is 0 Å². The number of rotatable bonds is 5. The lowest BCUT2D eigenvalue weighted by atomic mass is 9.92. The van der Waals surface area contributed by atoms with Crippen molar-refractivity contribution < 1.29 is 14.3 Å². The molecule has 0 fully saturated rings. The molecule has 104 valence electrons. The molecular formula is C16H14ClFO2. The van der Waals surface area contributed by atoms with Crippen molar-refractivity contribution in [2.24, 2.45) is 5.92 Å². The quantitative estimate of drug-likeness (QED) is 0.905. The molecule has 2 rings (SSSR count). The molecule has 0 spiro atoms. The molecule has 2 nitrogen and oxygen atoms in total. The van der Waals surface area contributed by atoms with Gasteiger partial charge < -0.3 is 5.11 Å². The van der Waals surface area contributed by atoms with Crippen LogP contribution < -0.4 is 0 Å². The van der Waals surface area contributed by atoms with E-state index in [9.17, 15) is 14.3 Å². The smallest absolute Gasteiger partial charge is 0.307 e. The zero-order valence-corrected chi connectivity index (χ0v) is 11.5. The Labute approximate surface area is 121 Å². The molecule has 1 atom stereocenters. The molecule has 2 aromatic rings. The van der Waals surface area contributed by atoms with Gasteiger partial charge in [-0.05, 0) is 36.1 Å². The van der Waals surface area contributed by atoms with Crippen molar-refractivity contribution in [1.82, 2.24) is 0 Å². The van der Waals surface area contributed by atoms with Crippen molar-refractivity contribution in [3.8, 4) is 0 Å². The van der Waals surface area contributed by atoms with Crippen molar-refractivity contribution in [2.45, 2.75) is 12.8 Å². The van der Waals surface area contributed by atoms with Crippen LogP contribution in [0.25, 0.3) is 0 Å². The van der Waals surface area contributed by atoms with Crippen LogP contribution in [0.4, 0.5) is 4.39 Å². The maximum absolute atomic E-state index is 13.6. The first-order chi connectivity index (χ1) is 9.58. The average molecular weight is 293 g/mol. The van der Waals surface area contributed by atoms with Crippen LogP contribution in [0, 0.1) is 11.7 Å². The van der Waals surface area contributed by atoms with Crippen LogP contribution in [0.15, 0.2) is 48.5 Å². The lowest BCUT2D eigenvalue weighted by Crippen LogP contribution is -2.20. The molecule has 0 aliphatic heterocycles. The van der Waals surface area contributed by atoms with E-state index < -0.39 is 11.9 Å². The zero-order chi connectivity index (χ0) is 14.5. The molecule has 0 bridgehead atoms. The second kappa shape index (κ2) is 6.53. The van der Waals surface area contributed by atoms with Crippen LogP contribution in [-0.4, -0.2) is 11.1 Å². The summed E-state index contributed by atoms with van der Waals surface area (Å²) in [6.45, 7) is 0. The number of hydrogen-bond donors (Lipinski definition) is 1. The normalized spacial score (nSPS) is 12.1. The van der Waals surface area contributed by atoms with Crippen molar-refractivity contribution in [3.05, 3.63) is 70.5 Å². The molecule has 0 saturated carbocycles. The highest BCUT2D eigenvalue weighted by Gasteiger charge is 2.21. The van der Waals surface area contributed by atoms with Gasteiger partial charge in [0.1, 0.15) is 5.82 Å². The Morgan fingerprint density at radius 3 is 2.20 bits per heavy atom.